The zero-order valence-corrected chi connectivity index (χ0v) is 12.0. The average Bonchev–Trinajstić information content (AvgIpc) is 2.86. The van der Waals surface area contributed by atoms with E-state index in [0.717, 1.165) is 22.2 Å². The lowest BCUT2D eigenvalue weighted by Crippen LogP contribution is -2.39. The smallest absolute Gasteiger partial charge is 0.405 e. The highest BCUT2D eigenvalue weighted by Crippen LogP contribution is 2.22. The van der Waals surface area contributed by atoms with Gasteiger partial charge < -0.3 is 15.0 Å². The molecule has 0 atom stereocenters. The van der Waals surface area contributed by atoms with Crippen LogP contribution in [0.2, 0.25) is 0 Å². The van der Waals surface area contributed by atoms with Crippen LogP contribution in [0.3, 0.4) is 0 Å². The second-order valence-corrected chi connectivity index (χ2v) is 5.11. The standard InChI is InChI=1S/C14H20BNO3/c1-8-9(2)11(4)14(15-18-5-6-19-15)12(10(8)3)7-13(16)17/h5-7H2,1-4H3,(H2,16,17). The molecule has 5 heteroatoms. The Morgan fingerprint density at radius 2 is 1.58 bits per heavy atom. The minimum Gasteiger partial charge on any atom is -0.405 e. The molecule has 0 aliphatic carbocycles. The third-order valence-electron chi connectivity index (χ3n) is 4.08. The van der Waals surface area contributed by atoms with Crippen molar-refractivity contribution in [1.29, 1.82) is 0 Å². The summed E-state index contributed by atoms with van der Waals surface area (Å²) in [4.78, 5) is 11.3. The van der Waals surface area contributed by atoms with Crippen molar-refractivity contribution in [3.63, 3.8) is 0 Å². The molecule has 0 aromatic heterocycles. The molecule has 1 aliphatic heterocycles. The molecule has 0 saturated carbocycles. The van der Waals surface area contributed by atoms with Crippen molar-refractivity contribution >= 4 is 18.5 Å². The summed E-state index contributed by atoms with van der Waals surface area (Å²) >= 11 is 0. The molecule has 0 bridgehead atoms. The van der Waals surface area contributed by atoms with Crippen LogP contribution in [0.4, 0.5) is 0 Å². The number of benzene rings is 1. The van der Waals surface area contributed by atoms with E-state index in [1.54, 1.807) is 0 Å². The first-order chi connectivity index (χ1) is 8.93. The summed E-state index contributed by atoms with van der Waals surface area (Å²) < 4.78 is 11.2. The summed E-state index contributed by atoms with van der Waals surface area (Å²) in [5.41, 5.74) is 12.0. The molecule has 1 heterocycles. The summed E-state index contributed by atoms with van der Waals surface area (Å²) in [5, 5.41) is 0. The third-order valence-corrected chi connectivity index (χ3v) is 4.08. The van der Waals surface area contributed by atoms with E-state index >= 15 is 0 Å². The first kappa shape index (κ1) is 14.1. The van der Waals surface area contributed by atoms with Gasteiger partial charge in [-0.05, 0) is 61.0 Å². The van der Waals surface area contributed by atoms with Gasteiger partial charge in [0.05, 0.1) is 19.6 Å². The summed E-state index contributed by atoms with van der Waals surface area (Å²) in [6, 6.07) is 0. The molecule has 0 unspecified atom stereocenters. The summed E-state index contributed by atoms with van der Waals surface area (Å²) in [6.07, 6.45) is 0.229. The van der Waals surface area contributed by atoms with Gasteiger partial charge in [-0.25, -0.2) is 0 Å². The van der Waals surface area contributed by atoms with Crippen molar-refractivity contribution in [1.82, 2.24) is 0 Å². The number of nitrogens with two attached hydrogens (primary N) is 1. The van der Waals surface area contributed by atoms with Crippen LogP contribution in [-0.2, 0) is 20.5 Å². The first-order valence-electron chi connectivity index (χ1n) is 6.54. The quantitative estimate of drug-likeness (QED) is 0.814. The van der Waals surface area contributed by atoms with Crippen LogP contribution in [0.15, 0.2) is 0 Å². The molecule has 1 amide bonds. The summed E-state index contributed by atoms with van der Waals surface area (Å²) in [7, 11) is -0.368. The molecule has 1 fully saturated rings. The first-order valence-corrected chi connectivity index (χ1v) is 6.54. The highest BCUT2D eigenvalue weighted by atomic mass is 16.6. The number of primary amides is 1. The normalized spacial score (nSPS) is 15.1. The minimum atomic E-state index is -0.368. The Morgan fingerprint density at radius 1 is 1.05 bits per heavy atom. The maximum absolute atomic E-state index is 11.3. The van der Waals surface area contributed by atoms with E-state index in [1.165, 1.54) is 11.1 Å². The van der Waals surface area contributed by atoms with Crippen LogP contribution in [0.25, 0.3) is 0 Å². The Hall–Kier alpha value is -1.33. The fraction of sp³-hybridized carbons (Fsp3) is 0.500. The van der Waals surface area contributed by atoms with Gasteiger partial charge in [0.25, 0.3) is 0 Å². The molecular weight excluding hydrogens is 241 g/mol. The average molecular weight is 261 g/mol. The maximum Gasteiger partial charge on any atom is 0.494 e. The van der Waals surface area contributed by atoms with Gasteiger partial charge in [-0.3, -0.25) is 4.79 Å². The van der Waals surface area contributed by atoms with Crippen molar-refractivity contribution in [3.05, 3.63) is 27.8 Å². The summed E-state index contributed by atoms with van der Waals surface area (Å²) in [6.45, 7) is 9.41. The second kappa shape index (κ2) is 5.35. The summed E-state index contributed by atoms with van der Waals surface area (Å²) in [5.74, 6) is -0.329. The molecule has 0 radical (unpaired) electrons. The van der Waals surface area contributed by atoms with Gasteiger partial charge in [-0.15, -0.1) is 0 Å². The van der Waals surface area contributed by atoms with E-state index in [9.17, 15) is 4.79 Å². The van der Waals surface area contributed by atoms with Crippen LogP contribution in [0.5, 0.6) is 0 Å². The van der Waals surface area contributed by atoms with E-state index in [-0.39, 0.29) is 19.4 Å². The zero-order chi connectivity index (χ0) is 14.2. The number of hydrogen-bond acceptors (Lipinski definition) is 3. The Balaban J connectivity index is 2.62. The molecule has 1 saturated heterocycles. The molecule has 1 aliphatic rings. The van der Waals surface area contributed by atoms with Gasteiger partial charge in [-0.1, -0.05) is 0 Å². The van der Waals surface area contributed by atoms with Crippen LogP contribution in [0.1, 0.15) is 27.8 Å². The van der Waals surface area contributed by atoms with Gasteiger partial charge in [-0.2, -0.15) is 0 Å². The van der Waals surface area contributed by atoms with Crippen LogP contribution >= 0.6 is 0 Å². The molecule has 1 aromatic carbocycles. The fourth-order valence-electron chi connectivity index (χ4n) is 2.67. The van der Waals surface area contributed by atoms with E-state index < -0.39 is 0 Å². The Labute approximate surface area is 114 Å². The van der Waals surface area contributed by atoms with Crippen molar-refractivity contribution in [2.75, 3.05) is 13.2 Å². The lowest BCUT2D eigenvalue weighted by atomic mass is 9.69. The number of rotatable bonds is 3. The van der Waals surface area contributed by atoms with E-state index in [0.29, 0.717) is 13.2 Å². The predicted octanol–water partition coefficient (Wildman–Crippen LogP) is 0.690. The van der Waals surface area contributed by atoms with Gasteiger partial charge >= 0.3 is 7.12 Å². The Kier molecular flexibility index (Phi) is 3.97. The van der Waals surface area contributed by atoms with Crippen molar-refractivity contribution in [2.24, 2.45) is 5.73 Å². The van der Waals surface area contributed by atoms with Gasteiger partial charge in [0.2, 0.25) is 5.91 Å². The Bertz CT molecular complexity index is 522. The van der Waals surface area contributed by atoms with Crippen LogP contribution < -0.4 is 11.2 Å². The van der Waals surface area contributed by atoms with Gasteiger partial charge in [0.15, 0.2) is 0 Å². The van der Waals surface area contributed by atoms with Crippen LogP contribution in [-0.4, -0.2) is 26.2 Å². The van der Waals surface area contributed by atoms with Gasteiger partial charge in [0, 0.05) is 0 Å². The van der Waals surface area contributed by atoms with Crippen molar-refractivity contribution in [3.8, 4) is 0 Å². The molecule has 1 aromatic rings. The topological polar surface area (TPSA) is 61.6 Å². The van der Waals surface area contributed by atoms with Crippen LogP contribution in [0, 0.1) is 27.7 Å². The minimum absolute atomic E-state index is 0.229. The lowest BCUT2D eigenvalue weighted by Gasteiger charge is -2.21. The highest BCUT2D eigenvalue weighted by molar-refractivity contribution is 6.63. The monoisotopic (exact) mass is 261 g/mol. The molecule has 19 heavy (non-hydrogen) atoms. The largest absolute Gasteiger partial charge is 0.494 e. The molecule has 4 nitrogen and oxygen atoms in total. The predicted molar refractivity (Wildman–Crippen MR) is 75.6 cm³/mol. The maximum atomic E-state index is 11.3. The molecule has 102 valence electrons. The molecule has 0 spiro atoms. The SMILES string of the molecule is Cc1c(C)c(C)c(B2OCCO2)c(CC(N)=O)c1C. The Morgan fingerprint density at radius 3 is 2.11 bits per heavy atom. The lowest BCUT2D eigenvalue weighted by molar-refractivity contribution is -0.117. The van der Waals surface area contributed by atoms with E-state index in [2.05, 4.69) is 13.8 Å². The van der Waals surface area contributed by atoms with Crippen molar-refractivity contribution < 1.29 is 14.1 Å². The number of hydrogen-bond donors (Lipinski definition) is 1. The third kappa shape index (κ3) is 2.53. The number of carbonyl (C=O) groups is 1. The highest BCUT2D eigenvalue weighted by Gasteiger charge is 2.32. The van der Waals surface area contributed by atoms with E-state index in [4.69, 9.17) is 15.0 Å². The molecular formula is C14H20BNO3. The van der Waals surface area contributed by atoms with E-state index in [1.807, 2.05) is 13.8 Å². The number of amides is 1. The molecule has 2 N–H and O–H groups in total. The molecule has 2 rings (SSSR count). The van der Waals surface area contributed by atoms with Crippen molar-refractivity contribution in [2.45, 2.75) is 34.1 Å². The fourth-order valence-corrected chi connectivity index (χ4v) is 2.67. The number of carbonyl (C=O) groups excluding carboxylic acids is 1. The zero-order valence-electron chi connectivity index (χ0n) is 12.0. The van der Waals surface area contributed by atoms with Gasteiger partial charge in [0.1, 0.15) is 0 Å². The second-order valence-electron chi connectivity index (χ2n) is 5.11.